The van der Waals surface area contributed by atoms with Crippen molar-refractivity contribution >= 4 is 10.0 Å². The molecule has 0 saturated heterocycles. The monoisotopic (exact) mass is 284 g/mol. The molecule has 0 bridgehead atoms. The van der Waals surface area contributed by atoms with E-state index in [1.807, 2.05) is 0 Å². The fourth-order valence-corrected chi connectivity index (χ4v) is 2.93. The Morgan fingerprint density at radius 3 is 2.95 bits per heavy atom. The van der Waals surface area contributed by atoms with E-state index in [1.54, 1.807) is 19.2 Å². The summed E-state index contributed by atoms with van der Waals surface area (Å²) in [6.45, 7) is 0.604. The Morgan fingerprint density at radius 2 is 2.32 bits per heavy atom. The lowest BCUT2D eigenvalue weighted by Gasteiger charge is -2.15. The molecule has 0 fully saturated rings. The molecule has 0 spiro atoms. The van der Waals surface area contributed by atoms with Gasteiger partial charge in [-0.3, -0.25) is 5.10 Å². The number of aromatic nitrogens is 2. The van der Waals surface area contributed by atoms with E-state index < -0.39 is 10.0 Å². The minimum Gasteiger partial charge on any atom is -0.468 e. The lowest BCUT2D eigenvalue weighted by Crippen LogP contribution is -2.28. The minimum absolute atomic E-state index is 0.107. The predicted molar refractivity (Wildman–Crippen MR) is 68.7 cm³/mol. The summed E-state index contributed by atoms with van der Waals surface area (Å²) in [6, 6.07) is 3.45. The molecular weight excluding hydrogens is 268 g/mol. The highest BCUT2D eigenvalue weighted by molar-refractivity contribution is 7.89. The zero-order valence-corrected chi connectivity index (χ0v) is 11.6. The first-order chi connectivity index (χ1) is 9.05. The van der Waals surface area contributed by atoms with Crippen LogP contribution in [0.4, 0.5) is 0 Å². The number of sulfonamides is 1. The van der Waals surface area contributed by atoms with Gasteiger partial charge in [-0.15, -0.1) is 0 Å². The number of rotatable bonds is 6. The van der Waals surface area contributed by atoms with Crippen LogP contribution in [-0.4, -0.2) is 37.0 Å². The minimum atomic E-state index is -3.61. The van der Waals surface area contributed by atoms with Gasteiger partial charge in [0.15, 0.2) is 5.03 Å². The molecular formula is C11H16N4O3S. The number of nitrogens with zero attached hydrogens (tertiary/aromatic N) is 2. The molecule has 0 radical (unpaired) electrons. The van der Waals surface area contributed by atoms with Gasteiger partial charge in [-0.1, -0.05) is 0 Å². The summed E-state index contributed by atoms with van der Waals surface area (Å²) in [4.78, 5) is 0. The van der Waals surface area contributed by atoms with Crippen LogP contribution < -0.4 is 5.32 Å². The van der Waals surface area contributed by atoms with Crippen LogP contribution in [0, 0.1) is 0 Å². The zero-order chi connectivity index (χ0) is 13.9. The molecule has 2 N–H and O–H groups in total. The van der Waals surface area contributed by atoms with E-state index in [1.165, 1.54) is 23.8 Å². The van der Waals surface area contributed by atoms with Crippen molar-refractivity contribution in [2.24, 2.45) is 0 Å². The highest BCUT2D eigenvalue weighted by Gasteiger charge is 2.26. The lowest BCUT2D eigenvalue weighted by atomic mass is 10.4. The van der Waals surface area contributed by atoms with E-state index in [0.717, 1.165) is 0 Å². The maximum Gasteiger partial charge on any atom is 0.260 e. The molecule has 0 aromatic carbocycles. The first-order valence-corrected chi connectivity index (χ1v) is 7.15. The first kappa shape index (κ1) is 13.8. The summed E-state index contributed by atoms with van der Waals surface area (Å²) in [5.74, 6) is 0.584. The molecule has 2 aromatic rings. The van der Waals surface area contributed by atoms with Crippen LogP contribution in [0.25, 0.3) is 0 Å². The SMILES string of the molecule is CNCc1cn[nH]c1S(=O)(=O)N(C)Cc1ccco1. The Morgan fingerprint density at radius 1 is 1.53 bits per heavy atom. The summed E-state index contributed by atoms with van der Waals surface area (Å²) >= 11 is 0. The van der Waals surface area contributed by atoms with Crippen molar-refractivity contribution in [3.05, 3.63) is 35.9 Å². The molecule has 2 heterocycles. The van der Waals surface area contributed by atoms with Crippen molar-refractivity contribution in [3.63, 3.8) is 0 Å². The molecule has 0 aliphatic carbocycles. The van der Waals surface area contributed by atoms with Crippen molar-refractivity contribution in [1.82, 2.24) is 19.8 Å². The quantitative estimate of drug-likeness (QED) is 0.808. The third kappa shape index (κ3) is 2.86. The maximum atomic E-state index is 12.4. The van der Waals surface area contributed by atoms with Gasteiger partial charge < -0.3 is 9.73 Å². The molecule has 19 heavy (non-hydrogen) atoms. The van der Waals surface area contributed by atoms with Gasteiger partial charge in [0.2, 0.25) is 0 Å². The molecule has 2 rings (SSSR count). The number of hydrogen-bond acceptors (Lipinski definition) is 5. The smallest absolute Gasteiger partial charge is 0.260 e. The normalized spacial score (nSPS) is 12.2. The Bertz CT molecular complexity index is 618. The summed E-state index contributed by atoms with van der Waals surface area (Å²) in [5, 5.41) is 9.35. The van der Waals surface area contributed by atoms with Crippen molar-refractivity contribution < 1.29 is 12.8 Å². The Labute approximate surface area is 111 Å². The predicted octanol–water partition coefficient (Wildman–Crippen LogP) is 0.543. The number of hydrogen-bond donors (Lipinski definition) is 2. The van der Waals surface area contributed by atoms with Crippen molar-refractivity contribution in [3.8, 4) is 0 Å². The number of nitrogens with one attached hydrogen (secondary N) is 2. The molecule has 0 atom stereocenters. The third-order valence-corrected chi connectivity index (χ3v) is 4.49. The summed E-state index contributed by atoms with van der Waals surface area (Å²) < 4.78 is 31.2. The van der Waals surface area contributed by atoms with E-state index in [-0.39, 0.29) is 11.6 Å². The van der Waals surface area contributed by atoms with Crippen LogP contribution in [0.2, 0.25) is 0 Å². The van der Waals surface area contributed by atoms with E-state index in [4.69, 9.17) is 4.42 Å². The average molecular weight is 284 g/mol. The standard InChI is InChI=1S/C11H16N4O3S/c1-12-6-9-7-13-14-11(9)19(16,17)15(2)8-10-4-3-5-18-10/h3-5,7,12H,6,8H2,1-2H3,(H,13,14). The van der Waals surface area contributed by atoms with Gasteiger partial charge in [-0.2, -0.15) is 9.40 Å². The molecule has 8 heteroatoms. The molecule has 2 aromatic heterocycles. The number of H-pyrrole nitrogens is 1. The van der Waals surface area contributed by atoms with Gasteiger partial charge in [-0.25, -0.2) is 8.42 Å². The molecule has 0 amide bonds. The second-order valence-electron chi connectivity index (χ2n) is 4.10. The van der Waals surface area contributed by atoms with Gasteiger partial charge in [0.05, 0.1) is 19.0 Å². The fourth-order valence-electron chi connectivity index (χ4n) is 1.70. The fraction of sp³-hybridized carbons (Fsp3) is 0.364. The summed E-state index contributed by atoms with van der Waals surface area (Å²) in [7, 11) is -0.361. The third-order valence-electron chi connectivity index (χ3n) is 2.67. The topological polar surface area (TPSA) is 91.2 Å². The Hall–Kier alpha value is -1.64. The van der Waals surface area contributed by atoms with Crippen molar-refractivity contribution in [2.75, 3.05) is 14.1 Å². The maximum absolute atomic E-state index is 12.4. The van der Waals surface area contributed by atoms with Gasteiger partial charge in [0.1, 0.15) is 5.76 Å². The molecule has 104 valence electrons. The molecule has 0 aliphatic rings. The van der Waals surface area contributed by atoms with Gasteiger partial charge in [0, 0.05) is 19.2 Å². The molecule has 0 saturated carbocycles. The largest absolute Gasteiger partial charge is 0.468 e. The second kappa shape index (κ2) is 5.55. The summed E-state index contributed by atoms with van der Waals surface area (Å²) in [5.41, 5.74) is 0.605. The van der Waals surface area contributed by atoms with E-state index in [0.29, 0.717) is 17.9 Å². The number of aromatic amines is 1. The van der Waals surface area contributed by atoms with Crippen molar-refractivity contribution in [2.45, 2.75) is 18.1 Å². The van der Waals surface area contributed by atoms with Crippen LogP contribution in [0.5, 0.6) is 0 Å². The highest BCUT2D eigenvalue weighted by atomic mass is 32.2. The van der Waals surface area contributed by atoms with Gasteiger partial charge in [0.25, 0.3) is 10.0 Å². The van der Waals surface area contributed by atoms with Gasteiger partial charge >= 0.3 is 0 Å². The molecule has 0 aliphatic heterocycles. The highest BCUT2D eigenvalue weighted by Crippen LogP contribution is 2.18. The number of furan rings is 1. The van der Waals surface area contributed by atoms with Crippen molar-refractivity contribution in [1.29, 1.82) is 0 Å². The second-order valence-corrected chi connectivity index (χ2v) is 6.08. The van der Waals surface area contributed by atoms with E-state index in [2.05, 4.69) is 15.5 Å². The van der Waals surface area contributed by atoms with E-state index >= 15 is 0 Å². The Balaban J connectivity index is 2.23. The van der Waals surface area contributed by atoms with Gasteiger partial charge in [-0.05, 0) is 19.2 Å². The van der Waals surface area contributed by atoms with Crippen LogP contribution in [0.15, 0.2) is 34.0 Å². The Kier molecular flexibility index (Phi) is 4.03. The van der Waals surface area contributed by atoms with E-state index in [9.17, 15) is 8.42 Å². The van der Waals surface area contributed by atoms with Crippen LogP contribution in [0.1, 0.15) is 11.3 Å². The average Bonchev–Trinajstić information content (AvgIpc) is 3.00. The molecule has 0 unspecified atom stereocenters. The molecule has 7 nitrogen and oxygen atoms in total. The van der Waals surface area contributed by atoms with Crippen LogP contribution >= 0.6 is 0 Å². The first-order valence-electron chi connectivity index (χ1n) is 5.71. The lowest BCUT2D eigenvalue weighted by molar-refractivity contribution is 0.404. The summed E-state index contributed by atoms with van der Waals surface area (Å²) in [6.07, 6.45) is 3.02. The zero-order valence-electron chi connectivity index (χ0n) is 10.8. The van der Waals surface area contributed by atoms with Crippen LogP contribution in [-0.2, 0) is 23.1 Å². The van der Waals surface area contributed by atoms with Crippen LogP contribution in [0.3, 0.4) is 0 Å².